The highest BCUT2D eigenvalue weighted by atomic mass is 35.5. The van der Waals surface area contributed by atoms with Crippen molar-refractivity contribution in [3.63, 3.8) is 0 Å². The van der Waals surface area contributed by atoms with Crippen molar-refractivity contribution in [2.24, 2.45) is 5.92 Å². The molecule has 3 unspecified atom stereocenters. The van der Waals surface area contributed by atoms with Crippen LogP contribution in [0.5, 0.6) is 0 Å². The Morgan fingerprint density at radius 1 is 1.18 bits per heavy atom. The lowest BCUT2D eigenvalue weighted by molar-refractivity contribution is 0.110. The topological polar surface area (TPSA) is 3.24 Å². The molecule has 2 fully saturated rings. The zero-order chi connectivity index (χ0) is 12.0. The molecule has 0 amide bonds. The minimum absolute atomic E-state index is 0.723. The SMILES string of the molecule is CC1C2CCC(C[C@@H]1c1ccc(Cl)cc1)N2C. The smallest absolute Gasteiger partial charge is 0.0406 e. The Morgan fingerprint density at radius 3 is 2.59 bits per heavy atom. The van der Waals surface area contributed by atoms with Crippen LogP contribution in [0.4, 0.5) is 0 Å². The molecule has 2 aliphatic rings. The highest BCUT2D eigenvalue weighted by Crippen LogP contribution is 2.45. The molecule has 0 radical (unpaired) electrons. The molecular weight excluding hydrogens is 230 g/mol. The van der Waals surface area contributed by atoms with E-state index in [4.69, 9.17) is 11.6 Å². The molecule has 2 heterocycles. The van der Waals surface area contributed by atoms with Gasteiger partial charge in [-0.3, -0.25) is 0 Å². The summed E-state index contributed by atoms with van der Waals surface area (Å²) in [6.45, 7) is 2.42. The Kier molecular flexibility index (Phi) is 2.92. The van der Waals surface area contributed by atoms with Crippen LogP contribution in [0, 0.1) is 5.92 Å². The number of benzene rings is 1. The Morgan fingerprint density at radius 2 is 1.88 bits per heavy atom. The van der Waals surface area contributed by atoms with Crippen LogP contribution in [0.1, 0.15) is 37.7 Å². The summed E-state index contributed by atoms with van der Waals surface area (Å²) in [6.07, 6.45) is 4.08. The Balaban J connectivity index is 1.87. The van der Waals surface area contributed by atoms with Crippen LogP contribution in [0.2, 0.25) is 5.02 Å². The highest BCUT2D eigenvalue weighted by Gasteiger charge is 2.43. The number of halogens is 1. The molecule has 17 heavy (non-hydrogen) atoms. The first-order valence-electron chi connectivity index (χ1n) is 6.64. The maximum Gasteiger partial charge on any atom is 0.0406 e. The average molecular weight is 250 g/mol. The summed E-state index contributed by atoms with van der Waals surface area (Å²) >= 11 is 5.97. The summed E-state index contributed by atoms with van der Waals surface area (Å²) in [5.41, 5.74) is 1.48. The van der Waals surface area contributed by atoms with Gasteiger partial charge in [0.25, 0.3) is 0 Å². The molecule has 3 rings (SSSR count). The minimum Gasteiger partial charge on any atom is -0.300 e. The summed E-state index contributed by atoms with van der Waals surface area (Å²) < 4.78 is 0. The second-order valence-electron chi connectivity index (χ2n) is 5.72. The van der Waals surface area contributed by atoms with E-state index in [2.05, 4.69) is 31.0 Å². The Hall–Kier alpha value is -0.530. The maximum atomic E-state index is 5.97. The van der Waals surface area contributed by atoms with Crippen molar-refractivity contribution < 1.29 is 0 Å². The normalized spacial score (nSPS) is 37.4. The van der Waals surface area contributed by atoms with E-state index >= 15 is 0 Å². The van der Waals surface area contributed by atoms with Crippen LogP contribution in [0.15, 0.2) is 24.3 Å². The lowest BCUT2D eigenvalue weighted by Gasteiger charge is -2.41. The number of hydrogen-bond donors (Lipinski definition) is 0. The third kappa shape index (κ3) is 1.90. The first-order valence-corrected chi connectivity index (χ1v) is 7.02. The summed E-state index contributed by atoms with van der Waals surface area (Å²) in [6, 6.07) is 10.1. The predicted molar refractivity (Wildman–Crippen MR) is 72.5 cm³/mol. The van der Waals surface area contributed by atoms with E-state index in [1.165, 1.54) is 24.8 Å². The highest BCUT2D eigenvalue weighted by molar-refractivity contribution is 6.30. The van der Waals surface area contributed by atoms with E-state index in [1.54, 1.807) is 0 Å². The van der Waals surface area contributed by atoms with Gasteiger partial charge in [0.1, 0.15) is 0 Å². The van der Waals surface area contributed by atoms with Gasteiger partial charge in [-0.15, -0.1) is 0 Å². The zero-order valence-electron chi connectivity index (χ0n) is 10.6. The molecule has 92 valence electrons. The molecular formula is C15H20ClN. The van der Waals surface area contributed by atoms with Gasteiger partial charge in [-0.05, 0) is 55.8 Å². The molecule has 1 aromatic carbocycles. The molecule has 0 aliphatic carbocycles. The molecule has 1 aromatic rings. The lowest BCUT2D eigenvalue weighted by atomic mass is 9.77. The maximum absolute atomic E-state index is 5.97. The van der Waals surface area contributed by atoms with Gasteiger partial charge in [-0.2, -0.15) is 0 Å². The molecule has 2 aliphatic heterocycles. The van der Waals surface area contributed by atoms with Gasteiger partial charge in [-0.25, -0.2) is 0 Å². The van der Waals surface area contributed by atoms with Gasteiger partial charge in [-0.1, -0.05) is 30.7 Å². The predicted octanol–water partition coefficient (Wildman–Crippen LogP) is 3.93. The molecule has 1 nitrogen and oxygen atoms in total. The number of nitrogens with zero attached hydrogens (tertiary/aromatic N) is 1. The minimum atomic E-state index is 0.723. The van der Waals surface area contributed by atoms with Crippen LogP contribution in [-0.2, 0) is 0 Å². The number of hydrogen-bond acceptors (Lipinski definition) is 1. The van der Waals surface area contributed by atoms with E-state index < -0.39 is 0 Å². The first-order chi connectivity index (χ1) is 8.16. The number of piperidine rings is 1. The summed E-state index contributed by atoms with van der Waals surface area (Å²) in [7, 11) is 2.30. The second-order valence-corrected chi connectivity index (χ2v) is 6.15. The molecule has 0 saturated carbocycles. The van der Waals surface area contributed by atoms with Crippen LogP contribution in [0.3, 0.4) is 0 Å². The van der Waals surface area contributed by atoms with Crippen molar-refractivity contribution in [2.75, 3.05) is 7.05 Å². The van der Waals surface area contributed by atoms with Crippen molar-refractivity contribution in [3.8, 4) is 0 Å². The van der Waals surface area contributed by atoms with Crippen LogP contribution >= 0.6 is 11.6 Å². The summed E-state index contributed by atoms with van der Waals surface area (Å²) in [5, 5.41) is 0.845. The summed E-state index contributed by atoms with van der Waals surface area (Å²) in [5.74, 6) is 1.49. The fourth-order valence-electron chi connectivity index (χ4n) is 3.88. The van der Waals surface area contributed by atoms with Crippen LogP contribution in [-0.4, -0.2) is 24.0 Å². The van der Waals surface area contributed by atoms with Crippen molar-refractivity contribution >= 4 is 11.6 Å². The average Bonchev–Trinajstić information content (AvgIpc) is 2.58. The molecule has 2 heteroatoms. The largest absolute Gasteiger partial charge is 0.300 e. The van der Waals surface area contributed by atoms with Gasteiger partial charge in [0.2, 0.25) is 0 Å². The van der Waals surface area contributed by atoms with E-state index in [0.717, 1.165) is 28.9 Å². The molecule has 2 saturated heterocycles. The lowest BCUT2D eigenvalue weighted by Crippen LogP contribution is -2.44. The van der Waals surface area contributed by atoms with Crippen molar-refractivity contribution in [1.29, 1.82) is 0 Å². The molecule has 0 spiro atoms. The molecule has 0 N–H and O–H groups in total. The third-order valence-electron chi connectivity index (χ3n) is 4.96. The quantitative estimate of drug-likeness (QED) is 0.729. The standard InChI is InChI=1S/C15H20ClN/c1-10-14(11-3-5-12(16)6-4-11)9-13-7-8-15(10)17(13)2/h3-6,10,13-15H,7-9H2,1-2H3/t10?,13?,14-,15?/m0/s1. The summed E-state index contributed by atoms with van der Waals surface area (Å²) in [4.78, 5) is 2.61. The van der Waals surface area contributed by atoms with E-state index in [9.17, 15) is 0 Å². The second kappa shape index (κ2) is 4.29. The van der Waals surface area contributed by atoms with E-state index in [1.807, 2.05) is 12.1 Å². The van der Waals surface area contributed by atoms with Crippen molar-refractivity contribution in [3.05, 3.63) is 34.9 Å². The van der Waals surface area contributed by atoms with Crippen molar-refractivity contribution in [1.82, 2.24) is 4.90 Å². The number of fused-ring (bicyclic) bond motifs is 2. The fraction of sp³-hybridized carbons (Fsp3) is 0.600. The first kappa shape index (κ1) is 11.6. The molecule has 2 bridgehead atoms. The molecule has 0 aromatic heterocycles. The van der Waals surface area contributed by atoms with Crippen LogP contribution in [0.25, 0.3) is 0 Å². The van der Waals surface area contributed by atoms with E-state index in [-0.39, 0.29) is 0 Å². The van der Waals surface area contributed by atoms with Gasteiger partial charge in [0.15, 0.2) is 0 Å². The van der Waals surface area contributed by atoms with E-state index in [0.29, 0.717) is 0 Å². The monoisotopic (exact) mass is 249 g/mol. The van der Waals surface area contributed by atoms with Gasteiger partial charge >= 0.3 is 0 Å². The van der Waals surface area contributed by atoms with Gasteiger partial charge in [0.05, 0.1) is 0 Å². The Bertz CT molecular complexity index is 400. The third-order valence-corrected chi connectivity index (χ3v) is 5.21. The molecule has 4 atom stereocenters. The van der Waals surface area contributed by atoms with Gasteiger partial charge in [0, 0.05) is 17.1 Å². The fourth-order valence-corrected chi connectivity index (χ4v) is 4.01. The zero-order valence-corrected chi connectivity index (χ0v) is 11.3. The van der Waals surface area contributed by atoms with Crippen molar-refractivity contribution in [2.45, 2.75) is 44.2 Å². The number of rotatable bonds is 1. The Labute approximate surface area is 109 Å². The van der Waals surface area contributed by atoms with Gasteiger partial charge < -0.3 is 4.90 Å². The van der Waals surface area contributed by atoms with Crippen LogP contribution < -0.4 is 0 Å².